The van der Waals surface area contributed by atoms with Crippen LogP contribution in [0.1, 0.15) is 82.8 Å². The molecule has 1 aliphatic heterocycles. The molecule has 1 saturated heterocycles. The van der Waals surface area contributed by atoms with Gasteiger partial charge in [-0.25, -0.2) is 9.37 Å². The zero-order valence-electron chi connectivity index (χ0n) is 24.7. The number of aliphatic carboxylic acids is 1. The van der Waals surface area contributed by atoms with Gasteiger partial charge >= 0.3 is 5.97 Å². The van der Waals surface area contributed by atoms with E-state index in [4.69, 9.17) is 21.0 Å². The summed E-state index contributed by atoms with van der Waals surface area (Å²) < 4.78 is 20.4. The first-order valence-electron chi connectivity index (χ1n) is 14.3. The van der Waals surface area contributed by atoms with Crippen molar-refractivity contribution in [2.45, 2.75) is 77.7 Å². The van der Waals surface area contributed by atoms with Crippen LogP contribution in [-0.4, -0.2) is 62.8 Å². The first-order valence-corrected chi connectivity index (χ1v) is 14.7. The van der Waals surface area contributed by atoms with E-state index in [1.54, 1.807) is 21.9 Å². The Morgan fingerprint density at radius 1 is 1.10 bits per heavy atom. The van der Waals surface area contributed by atoms with E-state index in [0.717, 1.165) is 18.4 Å². The number of fused-ring (bicyclic) bond motifs is 1. The Kier molecular flexibility index (Phi) is 7.62. The van der Waals surface area contributed by atoms with E-state index in [1.807, 2.05) is 40.7 Å². The van der Waals surface area contributed by atoms with Crippen LogP contribution < -0.4 is 0 Å². The first kappa shape index (κ1) is 30.0. The predicted octanol–water partition coefficient (Wildman–Crippen LogP) is 6.68. The van der Waals surface area contributed by atoms with E-state index in [2.05, 4.69) is 0 Å². The molecule has 0 unspecified atom stereocenters. The van der Waals surface area contributed by atoms with Crippen LogP contribution in [0, 0.1) is 11.2 Å². The van der Waals surface area contributed by atoms with Crippen LogP contribution >= 0.6 is 11.6 Å². The van der Waals surface area contributed by atoms with Crippen molar-refractivity contribution in [1.82, 2.24) is 14.8 Å². The molecule has 8 nitrogen and oxygen atoms in total. The van der Waals surface area contributed by atoms with Gasteiger partial charge in [0.1, 0.15) is 11.3 Å². The number of rotatable bonds is 5. The monoisotopic (exact) mass is 597 g/mol. The van der Waals surface area contributed by atoms with Gasteiger partial charge in [-0.15, -0.1) is 0 Å². The molecule has 3 heterocycles. The molecule has 10 heteroatoms. The van der Waals surface area contributed by atoms with Crippen molar-refractivity contribution in [3.8, 4) is 11.3 Å². The van der Waals surface area contributed by atoms with Crippen LogP contribution in [0.25, 0.3) is 22.4 Å². The normalized spacial score (nSPS) is 18.5. The zero-order valence-corrected chi connectivity index (χ0v) is 25.5. The van der Waals surface area contributed by atoms with Gasteiger partial charge in [0.05, 0.1) is 21.7 Å². The number of pyridine rings is 1. The highest BCUT2D eigenvalue weighted by molar-refractivity contribution is 6.30. The summed E-state index contributed by atoms with van der Waals surface area (Å²) in [6.07, 6.45) is 2.64. The molecule has 0 bridgehead atoms. The number of hydrogen-bond donors (Lipinski definition) is 1. The van der Waals surface area contributed by atoms with Crippen LogP contribution in [0.5, 0.6) is 0 Å². The molecule has 5 rings (SSSR count). The summed E-state index contributed by atoms with van der Waals surface area (Å²) >= 11 is 5.89. The lowest BCUT2D eigenvalue weighted by Gasteiger charge is -2.47. The quantitative estimate of drug-likeness (QED) is 0.352. The number of carbonyl (C=O) groups is 3. The predicted molar refractivity (Wildman–Crippen MR) is 158 cm³/mol. The molecule has 1 N–H and O–H groups in total. The van der Waals surface area contributed by atoms with E-state index in [1.165, 1.54) is 12.1 Å². The maximum absolute atomic E-state index is 14.3. The summed E-state index contributed by atoms with van der Waals surface area (Å²) in [5, 5.41) is 9.85. The molecule has 0 spiro atoms. The molecule has 2 fully saturated rings. The molecule has 3 aromatic rings. The maximum atomic E-state index is 14.3. The average molecular weight is 598 g/mol. The summed E-state index contributed by atoms with van der Waals surface area (Å²) in [6.45, 7) is 10.7. The molecule has 0 atom stereocenters. The lowest BCUT2D eigenvalue weighted by Crippen LogP contribution is -2.62. The second-order valence-electron chi connectivity index (χ2n) is 13.3. The van der Waals surface area contributed by atoms with Crippen molar-refractivity contribution in [2.75, 3.05) is 19.6 Å². The molecule has 1 aliphatic carbocycles. The Hall–Kier alpha value is -3.46. The Labute approximate surface area is 249 Å². The number of hydrogen-bond acceptors (Lipinski definition) is 5. The Bertz CT molecular complexity index is 1570. The van der Waals surface area contributed by atoms with Crippen LogP contribution in [0.3, 0.4) is 0 Å². The molecule has 1 saturated carbocycles. The van der Waals surface area contributed by atoms with E-state index < -0.39 is 22.7 Å². The van der Waals surface area contributed by atoms with Crippen molar-refractivity contribution >= 4 is 40.5 Å². The number of carboxylic acids is 1. The lowest BCUT2D eigenvalue weighted by atomic mass is 9.82. The number of carbonyl (C=O) groups excluding carboxylic acids is 2. The highest BCUT2D eigenvalue weighted by Crippen LogP contribution is 2.42. The molecular weight excluding hydrogens is 561 g/mol. The zero-order chi connectivity index (χ0) is 30.6. The fourth-order valence-electron chi connectivity index (χ4n) is 6.28. The van der Waals surface area contributed by atoms with Crippen LogP contribution in [-0.2, 0) is 15.0 Å². The summed E-state index contributed by atoms with van der Waals surface area (Å²) in [5.74, 6) is -1.82. The second kappa shape index (κ2) is 10.7. The number of carboxylic acid groups (broad SMARTS) is 1. The smallest absolute Gasteiger partial charge is 0.310 e. The fraction of sp³-hybridized carbons (Fsp3) is 0.500. The number of aromatic nitrogens is 1. The summed E-state index contributed by atoms with van der Waals surface area (Å²) in [4.78, 5) is 47.2. The van der Waals surface area contributed by atoms with Crippen molar-refractivity contribution < 1.29 is 28.3 Å². The minimum Gasteiger partial charge on any atom is -0.481 e. The summed E-state index contributed by atoms with van der Waals surface area (Å²) in [7, 11) is 0. The van der Waals surface area contributed by atoms with Crippen molar-refractivity contribution in [3.05, 3.63) is 52.5 Å². The third-order valence-electron chi connectivity index (χ3n) is 8.72. The van der Waals surface area contributed by atoms with Gasteiger partial charge in [-0.05, 0) is 50.3 Å². The molecule has 2 aromatic heterocycles. The van der Waals surface area contributed by atoms with Crippen LogP contribution in [0.15, 0.2) is 34.7 Å². The molecule has 1 aromatic carbocycles. The number of nitrogens with zero attached hydrogens (tertiary/aromatic N) is 3. The number of benzene rings is 1. The number of furan rings is 1. The van der Waals surface area contributed by atoms with E-state index in [0.29, 0.717) is 41.7 Å². The standard InChI is InChI=1S/C32H37ClFN3O5/c1-30(2,3)20-15-23(19-8-9-21(33)22(34)14-19)35-24-16-25(42-27(20)24)28(39)37-13-12-36(18-31(37,4)5)26(38)17-32(29(40)41)10-6-7-11-32/h8-9,14-16H,6-7,10-13,17-18H2,1-5H3,(H,40,41). The summed E-state index contributed by atoms with van der Waals surface area (Å²) in [5.41, 5.74) is 0.824. The van der Waals surface area contributed by atoms with E-state index >= 15 is 0 Å². The largest absolute Gasteiger partial charge is 0.481 e. The topological polar surface area (TPSA) is 104 Å². The van der Waals surface area contributed by atoms with Gasteiger partial charge in [-0.2, -0.15) is 0 Å². The van der Waals surface area contributed by atoms with Crippen molar-refractivity contribution in [1.29, 1.82) is 0 Å². The van der Waals surface area contributed by atoms with E-state index in [9.17, 15) is 23.9 Å². The molecule has 2 aliphatic rings. The Morgan fingerprint density at radius 2 is 1.79 bits per heavy atom. The fourth-order valence-corrected chi connectivity index (χ4v) is 6.40. The highest BCUT2D eigenvalue weighted by atomic mass is 35.5. The molecule has 2 amide bonds. The van der Waals surface area contributed by atoms with Crippen LogP contribution in [0.2, 0.25) is 5.02 Å². The summed E-state index contributed by atoms with van der Waals surface area (Å²) in [6, 6.07) is 8.00. The second-order valence-corrected chi connectivity index (χ2v) is 13.7. The molecule has 0 radical (unpaired) electrons. The van der Waals surface area contributed by atoms with E-state index in [-0.39, 0.29) is 47.5 Å². The SMILES string of the molecule is CC(C)(C)c1cc(-c2ccc(Cl)c(F)c2)nc2cc(C(=O)N3CCN(C(=O)CC4(C(=O)O)CCCC4)CC3(C)C)oc12. The third kappa shape index (κ3) is 5.51. The minimum absolute atomic E-state index is 0.0168. The number of piperazine rings is 1. The van der Waals surface area contributed by atoms with Gasteiger partial charge in [-0.3, -0.25) is 14.4 Å². The first-order chi connectivity index (χ1) is 19.6. The number of halogens is 2. The molecule has 224 valence electrons. The Balaban J connectivity index is 1.41. The average Bonchev–Trinajstić information content (AvgIpc) is 3.56. The van der Waals surface area contributed by atoms with Crippen molar-refractivity contribution in [3.63, 3.8) is 0 Å². The molecular formula is C32H37ClFN3O5. The minimum atomic E-state index is -0.989. The third-order valence-corrected chi connectivity index (χ3v) is 9.02. The van der Waals surface area contributed by atoms with Gasteiger partial charge in [0.25, 0.3) is 5.91 Å². The molecule has 42 heavy (non-hydrogen) atoms. The Morgan fingerprint density at radius 3 is 2.38 bits per heavy atom. The lowest BCUT2D eigenvalue weighted by molar-refractivity contribution is -0.154. The highest BCUT2D eigenvalue weighted by Gasteiger charge is 2.46. The van der Waals surface area contributed by atoms with Gasteiger partial charge in [0, 0.05) is 43.2 Å². The van der Waals surface area contributed by atoms with Crippen molar-refractivity contribution in [2.24, 2.45) is 5.41 Å². The van der Waals surface area contributed by atoms with Gasteiger partial charge in [0.2, 0.25) is 5.91 Å². The maximum Gasteiger partial charge on any atom is 0.310 e. The van der Waals surface area contributed by atoms with Gasteiger partial charge < -0.3 is 19.3 Å². The van der Waals surface area contributed by atoms with Gasteiger partial charge in [0.15, 0.2) is 11.3 Å². The van der Waals surface area contributed by atoms with Gasteiger partial charge in [-0.1, -0.05) is 51.3 Å². The van der Waals surface area contributed by atoms with Crippen LogP contribution in [0.4, 0.5) is 4.39 Å². The number of amides is 2.